The number of ether oxygens (including phenoxy) is 1. The zero-order chi connectivity index (χ0) is 10.1. The van der Waals surface area contributed by atoms with Gasteiger partial charge < -0.3 is 4.74 Å². The monoisotopic (exact) mass is 182 g/mol. The number of unbranched alkanes of at least 4 members (excludes halogenated alkanes) is 1. The molecule has 0 N–H and O–H groups in total. The maximum absolute atomic E-state index is 9.81. The Labute approximate surface area is 80.3 Å². The van der Waals surface area contributed by atoms with Crippen LogP contribution in [0.4, 0.5) is 0 Å². The summed E-state index contributed by atoms with van der Waals surface area (Å²) in [7, 11) is 0. The molecule has 0 atom stereocenters. The molecule has 0 saturated heterocycles. The minimum absolute atomic E-state index is 0.494. The van der Waals surface area contributed by atoms with Gasteiger partial charge in [0.05, 0.1) is 6.61 Å². The Morgan fingerprint density at radius 1 is 1.31 bits per heavy atom. The van der Waals surface area contributed by atoms with Crippen LogP contribution in [-0.2, 0) is 9.53 Å². The number of hydrogen-bond donors (Lipinski definition) is 0. The van der Waals surface area contributed by atoms with Gasteiger partial charge in [-0.3, -0.25) is 4.79 Å². The van der Waals surface area contributed by atoms with E-state index in [-0.39, 0.29) is 0 Å². The van der Waals surface area contributed by atoms with Crippen LogP contribution in [0.5, 0.6) is 0 Å². The summed E-state index contributed by atoms with van der Waals surface area (Å²) in [4.78, 5) is 9.81. The van der Waals surface area contributed by atoms with Crippen molar-refractivity contribution in [2.45, 2.75) is 33.6 Å². The zero-order valence-corrected chi connectivity index (χ0v) is 8.67. The van der Waals surface area contributed by atoms with Gasteiger partial charge in [0.15, 0.2) is 0 Å². The second-order valence-corrected chi connectivity index (χ2v) is 2.97. The second-order valence-electron chi connectivity index (χ2n) is 2.97. The summed E-state index contributed by atoms with van der Waals surface area (Å²) in [6.07, 6.45) is 6.12. The first kappa shape index (κ1) is 11.9. The molecule has 0 aromatic carbocycles. The van der Waals surface area contributed by atoms with E-state index in [1.165, 1.54) is 11.1 Å². The van der Waals surface area contributed by atoms with Gasteiger partial charge in [-0.05, 0) is 33.6 Å². The van der Waals surface area contributed by atoms with E-state index in [0.717, 1.165) is 12.8 Å². The lowest BCUT2D eigenvalue weighted by Crippen LogP contribution is -1.90. The molecule has 2 nitrogen and oxygen atoms in total. The summed E-state index contributed by atoms with van der Waals surface area (Å²) in [5.41, 5.74) is 2.60. The Morgan fingerprint density at radius 3 is 2.54 bits per heavy atom. The van der Waals surface area contributed by atoms with E-state index in [2.05, 4.69) is 30.7 Å². The van der Waals surface area contributed by atoms with Crippen molar-refractivity contribution in [2.75, 3.05) is 6.61 Å². The van der Waals surface area contributed by atoms with Crippen molar-refractivity contribution in [2.24, 2.45) is 0 Å². The van der Waals surface area contributed by atoms with Crippen molar-refractivity contribution in [3.05, 3.63) is 23.3 Å². The molecule has 13 heavy (non-hydrogen) atoms. The number of carbonyl (C=O) groups excluding carboxylic acids is 1. The van der Waals surface area contributed by atoms with E-state index in [1.807, 2.05) is 6.92 Å². The molecule has 0 aromatic rings. The van der Waals surface area contributed by atoms with Crippen LogP contribution in [-0.4, -0.2) is 13.1 Å². The molecule has 0 spiro atoms. The third-order valence-corrected chi connectivity index (χ3v) is 2.04. The Morgan fingerprint density at radius 2 is 2.00 bits per heavy atom. The molecule has 0 aliphatic heterocycles. The number of hydrogen-bond acceptors (Lipinski definition) is 2. The molecule has 0 unspecified atom stereocenters. The predicted molar refractivity (Wildman–Crippen MR) is 54.4 cm³/mol. The lowest BCUT2D eigenvalue weighted by molar-refractivity contribution is -0.128. The average molecular weight is 182 g/mol. The maximum atomic E-state index is 9.81. The molecule has 0 fully saturated rings. The van der Waals surface area contributed by atoms with Crippen molar-refractivity contribution in [3.8, 4) is 0 Å². The van der Waals surface area contributed by atoms with E-state index in [4.69, 9.17) is 0 Å². The van der Waals surface area contributed by atoms with Crippen molar-refractivity contribution in [1.82, 2.24) is 0 Å². The Balaban J connectivity index is 3.65. The van der Waals surface area contributed by atoms with Gasteiger partial charge in [-0.1, -0.05) is 23.3 Å². The van der Waals surface area contributed by atoms with Gasteiger partial charge in [-0.2, -0.15) is 0 Å². The normalized spacial score (nSPS) is 12.8. The van der Waals surface area contributed by atoms with E-state index < -0.39 is 0 Å². The molecule has 0 aliphatic rings. The largest absolute Gasteiger partial charge is 0.468 e. The van der Waals surface area contributed by atoms with Crippen LogP contribution in [0.1, 0.15) is 33.6 Å². The summed E-state index contributed by atoms with van der Waals surface area (Å²) in [6, 6.07) is 0. The third-order valence-electron chi connectivity index (χ3n) is 2.04. The fourth-order valence-corrected chi connectivity index (χ4v) is 0.922. The molecule has 0 bridgehead atoms. The topological polar surface area (TPSA) is 26.3 Å². The summed E-state index contributed by atoms with van der Waals surface area (Å²) in [6.45, 7) is 7.22. The molecule has 0 rings (SSSR count). The third kappa shape index (κ3) is 6.14. The number of rotatable bonds is 6. The average Bonchev–Trinajstić information content (AvgIpc) is 2.16. The van der Waals surface area contributed by atoms with Crippen LogP contribution in [0.15, 0.2) is 23.3 Å². The Bertz CT molecular complexity index is 202. The quantitative estimate of drug-likeness (QED) is 0.358. The van der Waals surface area contributed by atoms with E-state index in [0.29, 0.717) is 13.1 Å². The first-order valence-corrected chi connectivity index (χ1v) is 4.57. The molecule has 0 aliphatic carbocycles. The van der Waals surface area contributed by atoms with E-state index >= 15 is 0 Å². The molecular formula is C11H18O2. The Kier molecular flexibility index (Phi) is 6.98. The Hall–Kier alpha value is -1.05. The minimum Gasteiger partial charge on any atom is -0.468 e. The summed E-state index contributed by atoms with van der Waals surface area (Å²) < 4.78 is 4.58. The van der Waals surface area contributed by atoms with Crippen LogP contribution < -0.4 is 0 Å². The number of allylic oxidation sites excluding steroid dienone is 4. The highest BCUT2D eigenvalue weighted by Crippen LogP contribution is 2.09. The molecule has 0 aromatic heterocycles. The first-order valence-electron chi connectivity index (χ1n) is 4.57. The predicted octanol–water partition coefficient (Wildman–Crippen LogP) is 2.85. The van der Waals surface area contributed by atoms with Crippen molar-refractivity contribution in [1.29, 1.82) is 0 Å². The lowest BCUT2D eigenvalue weighted by Gasteiger charge is -2.00. The first-order chi connectivity index (χ1) is 6.22. The highest BCUT2D eigenvalue weighted by Gasteiger charge is 1.90. The van der Waals surface area contributed by atoms with E-state index in [9.17, 15) is 4.79 Å². The van der Waals surface area contributed by atoms with Crippen LogP contribution >= 0.6 is 0 Å². The van der Waals surface area contributed by atoms with Crippen molar-refractivity contribution >= 4 is 6.47 Å². The van der Waals surface area contributed by atoms with Gasteiger partial charge in [0.1, 0.15) is 0 Å². The van der Waals surface area contributed by atoms with Gasteiger partial charge in [0.25, 0.3) is 6.47 Å². The molecule has 0 radical (unpaired) electrons. The van der Waals surface area contributed by atoms with Crippen LogP contribution in [0, 0.1) is 0 Å². The number of carbonyl (C=O) groups is 1. The van der Waals surface area contributed by atoms with E-state index in [1.54, 1.807) is 0 Å². The van der Waals surface area contributed by atoms with Crippen molar-refractivity contribution in [3.63, 3.8) is 0 Å². The highest BCUT2D eigenvalue weighted by molar-refractivity contribution is 5.36. The second kappa shape index (κ2) is 7.59. The smallest absolute Gasteiger partial charge is 0.293 e. The summed E-state index contributed by atoms with van der Waals surface area (Å²) in [5, 5.41) is 0. The SMILES string of the molecule is CC=C(C)C(C)=CCCCOC=O. The molecular weight excluding hydrogens is 164 g/mol. The van der Waals surface area contributed by atoms with Crippen LogP contribution in [0.3, 0.4) is 0 Å². The van der Waals surface area contributed by atoms with Gasteiger partial charge in [0, 0.05) is 0 Å². The standard InChI is InChI=1S/C11H18O2/c1-4-10(2)11(3)7-5-6-8-13-9-12/h4,7,9H,5-6,8H2,1-3H3. The molecule has 2 heteroatoms. The molecule has 0 saturated carbocycles. The fraction of sp³-hybridized carbons (Fsp3) is 0.545. The van der Waals surface area contributed by atoms with Crippen LogP contribution in [0.25, 0.3) is 0 Å². The van der Waals surface area contributed by atoms with Gasteiger partial charge in [-0.15, -0.1) is 0 Å². The summed E-state index contributed by atoms with van der Waals surface area (Å²) in [5.74, 6) is 0. The summed E-state index contributed by atoms with van der Waals surface area (Å²) >= 11 is 0. The van der Waals surface area contributed by atoms with Gasteiger partial charge in [-0.25, -0.2) is 0 Å². The fourth-order valence-electron chi connectivity index (χ4n) is 0.922. The van der Waals surface area contributed by atoms with Crippen LogP contribution in [0.2, 0.25) is 0 Å². The van der Waals surface area contributed by atoms with Crippen molar-refractivity contribution < 1.29 is 9.53 Å². The maximum Gasteiger partial charge on any atom is 0.293 e. The lowest BCUT2D eigenvalue weighted by atomic mass is 10.1. The molecule has 0 amide bonds. The molecule has 74 valence electrons. The minimum atomic E-state index is 0.494. The van der Waals surface area contributed by atoms with Gasteiger partial charge >= 0.3 is 0 Å². The van der Waals surface area contributed by atoms with Gasteiger partial charge in [0.2, 0.25) is 0 Å². The zero-order valence-electron chi connectivity index (χ0n) is 8.67. The highest BCUT2D eigenvalue weighted by atomic mass is 16.5. The molecule has 0 heterocycles.